The van der Waals surface area contributed by atoms with Crippen LogP contribution in [-0.4, -0.2) is 34.3 Å². The Kier molecular flexibility index (Phi) is 5.07. The van der Waals surface area contributed by atoms with Gasteiger partial charge in [-0.2, -0.15) is 0 Å². The van der Waals surface area contributed by atoms with Crippen LogP contribution in [0.3, 0.4) is 0 Å². The highest BCUT2D eigenvalue weighted by Gasteiger charge is 2.25. The molecular formula is C14H22FN3O. The number of rotatable bonds is 5. The lowest BCUT2D eigenvalue weighted by atomic mass is 9.94. The van der Waals surface area contributed by atoms with Crippen LogP contribution in [0.15, 0.2) is 6.33 Å². The molecule has 0 radical (unpaired) electrons. The van der Waals surface area contributed by atoms with Gasteiger partial charge in [0.1, 0.15) is 6.33 Å². The van der Waals surface area contributed by atoms with Crippen LogP contribution in [0.2, 0.25) is 0 Å². The molecule has 1 aromatic rings. The van der Waals surface area contributed by atoms with Gasteiger partial charge in [0.05, 0.1) is 12.3 Å². The Morgan fingerprint density at radius 2 is 2.05 bits per heavy atom. The summed E-state index contributed by atoms with van der Waals surface area (Å²) in [5.41, 5.74) is 0.448. The van der Waals surface area contributed by atoms with Gasteiger partial charge in [-0.15, -0.1) is 0 Å². The number of aryl methyl sites for hydroxylation is 1. The summed E-state index contributed by atoms with van der Waals surface area (Å²) in [7, 11) is 0. The van der Waals surface area contributed by atoms with E-state index in [-0.39, 0.29) is 18.5 Å². The van der Waals surface area contributed by atoms with Gasteiger partial charge in [0, 0.05) is 12.6 Å². The van der Waals surface area contributed by atoms with E-state index in [1.807, 2.05) is 11.8 Å². The highest BCUT2D eigenvalue weighted by Crippen LogP contribution is 2.28. The number of aromatic nitrogens is 2. The van der Waals surface area contributed by atoms with Crippen LogP contribution in [0.4, 0.5) is 10.2 Å². The zero-order chi connectivity index (χ0) is 13.7. The van der Waals surface area contributed by atoms with E-state index in [0.717, 1.165) is 12.8 Å². The summed E-state index contributed by atoms with van der Waals surface area (Å²) in [6.07, 6.45) is 7.65. The third-order valence-electron chi connectivity index (χ3n) is 3.81. The van der Waals surface area contributed by atoms with Crippen molar-refractivity contribution in [1.82, 2.24) is 9.97 Å². The monoisotopic (exact) mass is 267 g/mol. The largest absolute Gasteiger partial charge is 0.395 e. The highest BCUT2D eigenvalue weighted by atomic mass is 19.1. The molecular weight excluding hydrogens is 245 g/mol. The number of nitrogens with zero attached hydrogens (tertiary/aromatic N) is 3. The molecule has 0 amide bonds. The smallest absolute Gasteiger partial charge is 0.187 e. The fraction of sp³-hybridized carbons (Fsp3) is 0.714. The van der Waals surface area contributed by atoms with Gasteiger partial charge in [-0.25, -0.2) is 14.4 Å². The van der Waals surface area contributed by atoms with Gasteiger partial charge in [-0.3, -0.25) is 0 Å². The minimum Gasteiger partial charge on any atom is -0.395 e. The average molecular weight is 267 g/mol. The number of anilines is 1. The van der Waals surface area contributed by atoms with E-state index in [4.69, 9.17) is 0 Å². The Balaban J connectivity index is 2.27. The van der Waals surface area contributed by atoms with Crippen LogP contribution in [0.1, 0.15) is 44.7 Å². The first-order chi connectivity index (χ1) is 9.27. The van der Waals surface area contributed by atoms with Crippen molar-refractivity contribution in [2.24, 2.45) is 0 Å². The van der Waals surface area contributed by atoms with Gasteiger partial charge in [0.2, 0.25) is 0 Å². The maximum Gasteiger partial charge on any atom is 0.187 e. The molecule has 0 aliphatic heterocycles. The van der Waals surface area contributed by atoms with Crippen molar-refractivity contribution in [3.8, 4) is 0 Å². The van der Waals surface area contributed by atoms with Crippen molar-refractivity contribution >= 4 is 5.82 Å². The molecule has 1 aliphatic carbocycles. The Morgan fingerprint density at radius 3 is 2.68 bits per heavy atom. The highest BCUT2D eigenvalue weighted by molar-refractivity contribution is 5.42. The van der Waals surface area contributed by atoms with E-state index in [2.05, 4.69) is 9.97 Å². The van der Waals surface area contributed by atoms with Crippen LogP contribution < -0.4 is 4.90 Å². The van der Waals surface area contributed by atoms with Gasteiger partial charge in [-0.1, -0.05) is 26.2 Å². The van der Waals surface area contributed by atoms with E-state index in [0.29, 0.717) is 24.5 Å². The molecule has 4 nitrogen and oxygen atoms in total. The first-order valence-corrected chi connectivity index (χ1v) is 7.14. The van der Waals surface area contributed by atoms with Crippen molar-refractivity contribution in [2.45, 2.75) is 51.5 Å². The summed E-state index contributed by atoms with van der Waals surface area (Å²) in [5, 5.41) is 9.24. The van der Waals surface area contributed by atoms with Crippen LogP contribution >= 0.6 is 0 Å². The molecule has 2 rings (SSSR count). The molecule has 0 aromatic carbocycles. The Hall–Kier alpha value is -1.23. The summed E-state index contributed by atoms with van der Waals surface area (Å²) >= 11 is 0. The second-order valence-corrected chi connectivity index (χ2v) is 5.02. The van der Waals surface area contributed by atoms with Gasteiger partial charge in [0.25, 0.3) is 0 Å². The molecule has 1 aromatic heterocycles. The van der Waals surface area contributed by atoms with Crippen LogP contribution in [-0.2, 0) is 6.42 Å². The first kappa shape index (κ1) is 14.2. The maximum atomic E-state index is 14.4. The second kappa shape index (κ2) is 6.80. The number of hydrogen-bond donors (Lipinski definition) is 1. The van der Waals surface area contributed by atoms with E-state index in [1.165, 1.54) is 25.6 Å². The fourth-order valence-electron chi connectivity index (χ4n) is 2.80. The minimum absolute atomic E-state index is 0.0153. The van der Waals surface area contributed by atoms with E-state index in [9.17, 15) is 9.50 Å². The molecule has 0 bridgehead atoms. The van der Waals surface area contributed by atoms with Crippen molar-refractivity contribution in [1.29, 1.82) is 0 Å². The molecule has 1 N–H and O–H groups in total. The average Bonchev–Trinajstić information content (AvgIpc) is 2.46. The predicted octanol–water partition coefficient (Wildman–Crippen LogP) is 2.31. The molecule has 19 heavy (non-hydrogen) atoms. The quantitative estimate of drug-likeness (QED) is 0.889. The van der Waals surface area contributed by atoms with Gasteiger partial charge < -0.3 is 10.0 Å². The third-order valence-corrected chi connectivity index (χ3v) is 3.81. The molecule has 1 heterocycles. The SMILES string of the molecule is CCc1ncnc(N(CCO)C2CCCCC2)c1F. The Labute approximate surface area is 113 Å². The molecule has 106 valence electrons. The summed E-state index contributed by atoms with van der Waals surface area (Å²) < 4.78 is 14.4. The van der Waals surface area contributed by atoms with Crippen molar-refractivity contribution in [3.05, 3.63) is 17.8 Å². The predicted molar refractivity (Wildman–Crippen MR) is 72.7 cm³/mol. The maximum absolute atomic E-state index is 14.4. The van der Waals surface area contributed by atoms with E-state index in [1.54, 1.807) is 0 Å². The lowest BCUT2D eigenvalue weighted by molar-refractivity contribution is 0.288. The summed E-state index contributed by atoms with van der Waals surface area (Å²) in [6, 6.07) is 0.287. The zero-order valence-electron chi connectivity index (χ0n) is 11.5. The lowest BCUT2D eigenvalue weighted by Crippen LogP contribution is -2.40. The third kappa shape index (κ3) is 3.21. The molecule has 1 saturated carbocycles. The molecule has 0 saturated heterocycles. The molecule has 0 unspecified atom stereocenters. The van der Waals surface area contributed by atoms with E-state index >= 15 is 0 Å². The minimum atomic E-state index is -0.330. The standard InChI is InChI=1S/C14H22FN3O/c1-2-12-13(15)14(17-10-16-12)18(8-9-19)11-6-4-3-5-7-11/h10-11,19H,2-9H2,1H3. The van der Waals surface area contributed by atoms with Crippen LogP contribution in [0.5, 0.6) is 0 Å². The molecule has 0 spiro atoms. The first-order valence-electron chi connectivity index (χ1n) is 7.14. The summed E-state index contributed by atoms with van der Waals surface area (Å²) in [4.78, 5) is 10.0. The summed E-state index contributed by atoms with van der Waals surface area (Å²) in [5.74, 6) is 0.0248. The lowest BCUT2D eigenvalue weighted by Gasteiger charge is -2.35. The number of hydrogen-bond acceptors (Lipinski definition) is 4. The zero-order valence-corrected chi connectivity index (χ0v) is 11.5. The number of aliphatic hydroxyl groups is 1. The fourth-order valence-corrected chi connectivity index (χ4v) is 2.80. The molecule has 5 heteroatoms. The van der Waals surface area contributed by atoms with Crippen LogP contribution in [0, 0.1) is 5.82 Å². The molecule has 1 fully saturated rings. The van der Waals surface area contributed by atoms with Crippen LogP contribution in [0.25, 0.3) is 0 Å². The van der Waals surface area contributed by atoms with Gasteiger partial charge in [0.15, 0.2) is 11.6 Å². The normalized spacial score (nSPS) is 16.6. The number of halogens is 1. The molecule has 0 atom stereocenters. The Morgan fingerprint density at radius 1 is 1.32 bits per heavy atom. The van der Waals surface area contributed by atoms with Gasteiger partial charge >= 0.3 is 0 Å². The Bertz CT molecular complexity index is 408. The topological polar surface area (TPSA) is 49.2 Å². The number of aliphatic hydroxyl groups excluding tert-OH is 1. The second-order valence-electron chi connectivity index (χ2n) is 5.02. The van der Waals surface area contributed by atoms with E-state index < -0.39 is 0 Å². The summed E-state index contributed by atoms with van der Waals surface area (Å²) in [6.45, 7) is 2.33. The van der Waals surface area contributed by atoms with Crippen molar-refractivity contribution in [2.75, 3.05) is 18.1 Å². The molecule has 1 aliphatic rings. The van der Waals surface area contributed by atoms with Crippen molar-refractivity contribution < 1.29 is 9.50 Å². The van der Waals surface area contributed by atoms with Crippen molar-refractivity contribution in [3.63, 3.8) is 0 Å². The van der Waals surface area contributed by atoms with Gasteiger partial charge in [-0.05, 0) is 19.3 Å².